The van der Waals surface area contributed by atoms with Crippen LogP contribution in [0.3, 0.4) is 0 Å². The third-order valence-corrected chi connectivity index (χ3v) is 4.34. The van der Waals surface area contributed by atoms with Crippen molar-refractivity contribution in [1.82, 2.24) is 9.80 Å². The second-order valence-electron chi connectivity index (χ2n) is 6.67. The molecule has 0 N–H and O–H groups in total. The predicted molar refractivity (Wildman–Crippen MR) is 93.4 cm³/mol. The van der Waals surface area contributed by atoms with E-state index in [2.05, 4.69) is 50.8 Å². The number of nitrogens with zero attached hydrogens (tertiary/aromatic N) is 2. The fourth-order valence-corrected chi connectivity index (χ4v) is 2.94. The van der Waals surface area contributed by atoms with Crippen molar-refractivity contribution in [2.24, 2.45) is 5.92 Å². The number of carbonyl (C=O) groups excluding carboxylic acids is 1. The van der Waals surface area contributed by atoms with Crippen LogP contribution < -0.4 is 4.74 Å². The maximum absolute atomic E-state index is 12.4. The van der Waals surface area contributed by atoms with E-state index in [1.165, 1.54) is 5.56 Å². The number of rotatable bonds is 6. The van der Waals surface area contributed by atoms with Crippen molar-refractivity contribution in [3.8, 4) is 5.75 Å². The minimum absolute atomic E-state index is 0.227. The van der Waals surface area contributed by atoms with Crippen LogP contribution in [0.4, 0.5) is 0 Å². The molecular formula is C19H30N2O2. The first kappa shape index (κ1) is 17.8. The van der Waals surface area contributed by atoms with E-state index >= 15 is 0 Å². The molecule has 0 radical (unpaired) electrons. The Labute approximate surface area is 140 Å². The molecule has 0 fully saturated rings. The minimum atomic E-state index is 0.227. The van der Waals surface area contributed by atoms with E-state index < -0.39 is 0 Å². The third-order valence-electron chi connectivity index (χ3n) is 4.34. The Morgan fingerprint density at radius 1 is 1.30 bits per heavy atom. The highest BCUT2D eigenvalue weighted by Gasteiger charge is 2.20. The monoisotopic (exact) mass is 318 g/mol. The van der Waals surface area contributed by atoms with Gasteiger partial charge in [-0.2, -0.15) is 0 Å². The molecule has 0 saturated carbocycles. The van der Waals surface area contributed by atoms with Crippen molar-refractivity contribution in [2.45, 2.75) is 47.2 Å². The number of amides is 1. The molecule has 0 aliphatic carbocycles. The zero-order chi connectivity index (χ0) is 16.8. The Kier molecular flexibility index (Phi) is 6.46. The van der Waals surface area contributed by atoms with Gasteiger partial charge >= 0.3 is 0 Å². The summed E-state index contributed by atoms with van der Waals surface area (Å²) in [6.07, 6.45) is 0.606. The molecule has 4 nitrogen and oxygen atoms in total. The Morgan fingerprint density at radius 3 is 2.70 bits per heavy atom. The number of benzene rings is 1. The summed E-state index contributed by atoms with van der Waals surface area (Å²) in [7, 11) is 0. The summed E-state index contributed by atoms with van der Waals surface area (Å²) < 4.78 is 5.84. The summed E-state index contributed by atoms with van der Waals surface area (Å²) in [5.41, 5.74) is 2.42. The van der Waals surface area contributed by atoms with E-state index in [1.54, 1.807) is 0 Å². The average molecular weight is 318 g/mol. The highest BCUT2D eigenvalue weighted by Crippen LogP contribution is 2.25. The summed E-state index contributed by atoms with van der Waals surface area (Å²) in [4.78, 5) is 16.7. The topological polar surface area (TPSA) is 32.8 Å². The zero-order valence-electron chi connectivity index (χ0n) is 15.0. The van der Waals surface area contributed by atoms with E-state index in [0.717, 1.165) is 30.9 Å². The molecule has 0 bridgehead atoms. The number of fused-ring (bicyclic) bond motifs is 1. The Balaban J connectivity index is 2.13. The van der Waals surface area contributed by atoms with E-state index in [0.29, 0.717) is 32.0 Å². The molecule has 1 aliphatic heterocycles. The molecule has 0 atom stereocenters. The van der Waals surface area contributed by atoms with Crippen molar-refractivity contribution in [1.29, 1.82) is 0 Å². The van der Waals surface area contributed by atoms with Gasteiger partial charge in [-0.15, -0.1) is 0 Å². The molecule has 0 spiro atoms. The van der Waals surface area contributed by atoms with Gasteiger partial charge in [-0.25, -0.2) is 0 Å². The van der Waals surface area contributed by atoms with Crippen LogP contribution in [0.5, 0.6) is 5.75 Å². The summed E-state index contributed by atoms with van der Waals surface area (Å²) in [5, 5.41) is 0. The second-order valence-corrected chi connectivity index (χ2v) is 6.67. The highest BCUT2D eigenvalue weighted by atomic mass is 16.5. The average Bonchev–Trinajstić information content (AvgIpc) is 2.73. The Morgan fingerprint density at radius 2 is 2.04 bits per heavy atom. The smallest absolute Gasteiger partial charge is 0.223 e. The summed E-state index contributed by atoms with van der Waals surface area (Å²) >= 11 is 0. The SMILES string of the molecule is CCN(CC)Cc1ccc2c(c1)CN(C(=O)CC(C)C)CCO2. The van der Waals surface area contributed by atoms with Gasteiger partial charge in [0.25, 0.3) is 0 Å². The first-order valence-corrected chi connectivity index (χ1v) is 8.78. The molecule has 128 valence electrons. The fraction of sp³-hybridized carbons (Fsp3) is 0.632. The molecule has 1 heterocycles. The summed E-state index contributed by atoms with van der Waals surface area (Å²) in [5.74, 6) is 1.54. The number of hydrogen-bond donors (Lipinski definition) is 0. The van der Waals surface area contributed by atoms with Crippen molar-refractivity contribution in [2.75, 3.05) is 26.2 Å². The molecule has 0 aromatic heterocycles. The van der Waals surface area contributed by atoms with Crippen LogP contribution in [0.2, 0.25) is 0 Å². The van der Waals surface area contributed by atoms with Gasteiger partial charge in [0, 0.05) is 25.1 Å². The molecule has 1 aromatic carbocycles. The number of carbonyl (C=O) groups is 1. The summed E-state index contributed by atoms with van der Waals surface area (Å²) in [6, 6.07) is 6.40. The fourth-order valence-electron chi connectivity index (χ4n) is 2.94. The highest BCUT2D eigenvalue weighted by molar-refractivity contribution is 5.76. The van der Waals surface area contributed by atoms with Crippen LogP contribution in [0.1, 0.15) is 45.2 Å². The van der Waals surface area contributed by atoms with Gasteiger partial charge in [-0.1, -0.05) is 33.8 Å². The van der Waals surface area contributed by atoms with Crippen molar-refractivity contribution in [3.63, 3.8) is 0 Å². The molecule has 2 rings (SSSR count). The Bertz CT molecular complexity index is 524. The van der Waals surface area contributed by atoms with Crippen LogP contribution in [0.25, 0.3) is 0 Å². The van der Waals surface area contributed by atoms with E-state index in [1.807, 2.05) is 4.90 Å². The predicted octanol–water partition coefficient (Wildman–Crippen LogP) is 3.30. The molecule has 4 heteroatoms. The molecule has 23 heavy (non-hydrogen) atoms. The van der Waals surface area contributed by atoms with Gasteiger partial charge in [-0.3, -0.25) is 9.69 Å². The van der Waals surface area contributed by atoms with E-state index in [-0.39, 0.29) is 5.91 Å². The first-order chi connectivity index (χ1) is 11.0. The Hall–Kier alpha value is -1.55. The third kappa shape index (κ3) is 4.96. The van der Waals surface area contributed by atoms with Gasteiger partial charge in [-0.05, 0) is 36.7 Å². The van der Waals surface area contributed by atoms with Gasteiger partial charge in [0.2, 0.25) is 5.91 Å². The second kappa shape index (κ2) is 8.34. The molecule has 1 amide bonds. The van der Waals surface area contributed by atoms with Crippen LogP contribution in [0.15, 0.2) is 18.2 Å². The van der Waals surface area contributed by atoms with Gasteiger partial charge in [0.05, 0.1) is 6.54 Å². The lowest BCUT2D eigenvalue weighted by molar-refractivity contribution is -0.132. The van der Waals surface area contributed by atoms with E-state index in [4.69, 9.17) is 4.74 Å². The lowest BCUT2D eigenvalue weighted by atomic mass is 10.1. The van der Waals surface area contributed by atoms with E-state index in [9.17, 15) is 4.79 Å². The van der Waals surface area contributed by atoms with Crippen LogP contribution in [0, 0.1) is 5.92 Å². The number of hydrogen-bond acceptors (Lipinski definition) is 3. The van der Waals surface area contributed by atoms with Gasteiger partial charge in [0.15, 0.2) is 0 Å². The first-order valence-electron chi connectivity index (χ1n) is 8.78. The van der Waals surface area contributed by atoms with Gasteiger partial charge in [0.1, 0.15) is 12.4 Å². The quantitative estimate of drug-likeness (QED) is 0.807. The maximum Gasteiger partial charge on any atom is 0.223 e. The van der Waals surface area contributed by atoms with Crippen LogP contribution in [-0.4, -0.2) is 41.9 Å². The molecule has 1 aliphatic rings. The van der Waals surface area contributed by atoms with Crippen molar-refractivity contribution < 1.29 is 9.53 Å². The van der Waals surface area contributed by atoms with Crippen LogP contribution in [-0.2, 0) is 17.9 Å². The largest absolute Gasteiger partial charge is 0.491 e. The van der Waals surface area contributed by atoms with Gasteiger partial charge < -0.3 is 9.64 Å². The lowest BCUT2D eigenvalue weighted by Crippen LogP contribution is -2.33. The molecule has 0 saturated heterocycles. The normalized spacial score (nSPS) is 14.6. The van der Waals surface area contributed by atoms with Crippen LogP contribution >= 0.6 is 0 Å². The summed E-state index contributed by atoms with van der Waals surface area (Å²) in [6.45, 7) is 13.5. The lowest BCUT2D eigenvalue weighted by Gasteiger charge is -2.22. The molecule has 1 aromatic rings. The molecular weight excluding hydrogens is 288 g/mol. The minimum Gasteiger partial charge on any atom is -0.491 e. The standard InChI is InChI=1S/C19H30N2O2/c1-5-20(6-2)13-16-7-8-18-17(12-16)14-21(9-10-23-18)19(22)11-15(3)4/h7-8,12,15H,5-6,9-11,13-14H2,1-4H3. The zero-order valence-corrected chi connectivity index (χ0v) is 15.0. The van der Waals surface area contributed by atoms with Crippen molar-refractivity contribution >= 4 is 5.91 Å². The number of ether oxygens (including phenoxy) is 1. The molecule has 0 unspecified atom stereocenters. The van der Waals surface area contributed by atoms with Crippen molar-refractivity contribution in [3.05, 3.63) is 29.3 Å². The maximum atomic E-state index is 12.4.